The second-order valence-corrected chi connectivity index (χ2v) is 3.42. The maximum absolute atomic E-state index is 11.5. The number of nitrogens with two attached hydrogens (primary N) is 1. The van der Waals surface area contributed by atoms with Gasteiger partial charge in [0.05, 0.1) is 0 Å². The maximum Gasteiger partial charge on any atom is 0.252 e. The van der Waals surface area contributed by atoms with E-state index in [-0.39, 0.29) is 18.3 Å². The number of nitrogens with zero attached hydrogens (tertiary/aromatic N) is 2. The monoisotopic (exact) mass is 237 g/mol. The lowest BCUT2D eigenvalue weighted by Gasteiger charge is -2.17. The van der Waals surface area contributed by atoms with Crippen molar-refractivity contribution in [3.8, 4) is 0 Å². The van der Waals surface area contributed by atoms with Gasteiger partial charge in [-0.05, 0) is 24.3 Å². The summed E-state index contributed by atoms with van der Waals surface area (Å²) in [7, 11) is 3.12. The molecule has 1 aromatic rings. The van der Waals surface area contributed by atoms with Gasteiger partial charge in [0.25, 0.3) is 5.91 Å². The van der Waals surface area contributed by atoms with Gasteiger partial charge in [-0.25, -0.2) is 0 Å². The van der Waals surface area contributed by atoms with Gasteiger partial charge in [-0.15, -0.1) is 0 Å². The number of carbonyl (C=O) groups excluding carboxylic acids is 1. The van der Waals surface area contributed by atoms with Crippen molar-refractivity contribution in [2.45, 2.75) is 0 Å². The van der Waals surface area contributed by atoms with Gasteiger partial charge in [0, 0.05) is 25.4 Å². The minimum atomic E-state index is -0.149. The van der Waals surface area contributed by atoms with Gasteiger partial charge in [0.2, 0.25) is 0 Å². The third kappa shape index (κ3) is 3.18. The third-order valence-corrected chi connectivity index (χ3v) is 2.30. The van der Waals surface area contributed by atoms with Gasteiger partial charge in [0.15, 0.2) is 5.84 Å². The highest BCUT2D eigenvalue weighted by Gasteiger charge is 2.10. The second kappa shape index (κ2) is 5.86. The molecule has 0 bridgehead atoms. The van der Waals surface area contributed by atoms with Crippen LogP contribution in [0.3, 0.4) is 0 Å². The molecule has 0 atom stereocenters. The zero-order valence-electron chi connectivity index (χ0n) is 9.75. The standard InChI is InChI=1S/C11H15N3O3/c1-14(10(15)7-17-2)9-5-3-8(4-6-9)11(12)13-16/h3-6,16H,7H2,1-2H3,(H2,12,13). The number of anilines is 1. The molecule has 0 aliphatic rings. The molecule has 1 rings (SSSR count). The summed E-state index contributed by atoms with van der Waals surface area (Å²) in [6, 6.07) is 6.75. The predicted molar refractivity (Wildman–Crippen MR) is 64.2 cm³/mol. The van der Waals surface area contributed by atoms with Crippen LogP contribution in [0.5, 0.6) is 0 Å². The molecule has 0 unspecified atom stereocenters. The highest BCUT2D eigenvalue weighted by Crippen LogP contribution is 2.13. The molecule has 1 amide bonds. The van der Waals surface area contributed by atoms with Crippen LogP contribution >= 0.6 is 0 Å². The number of ether oxygens (including phenoxy) is 1. The first-order chi connectivity index (χ1) is 8.10. The Morgan fingerprint density at radius 2 is 2.06 bits per heavy atom. The summed E-state index contributed by atoms with van der Waals surface area (Å²) in [5.41, 5.74) is 6.72. The first-order valence-corrected chi connectivity index (χ1v) is 4.93. The number of hydrogen-bond donors (Lipinski definition) is 2. The fourth-order valence-electron chi connectivity index (χ4n) is 1.28. The minimum absolute atomic E-state index is 0.0263. The van der Waals surface area contributed by atoms with Gasteiger partial charge < -0.3 is 20.6 Å². The van der Waals surface area contributed by atoms with Crippen molar-refractivity contribution in [1.82, 2.24) is 0 Å². The first-order valence-electron chi connectivity index (χ1n) is 4.93. The molecule has 0 saturated carbocycles. The molecule has 0 aliphatic carbocycles. The summed E-state index contributed by atoms with van der Waals surface area (Å²) in [4.78, 5) is 13.0. The zero-order chi connectivity index (χ0) is 12.8. The Balaban J connectivity index is 2.84. The van der Waals surface area contributed by atoms with Crippen LogP contribution in [-0.4, -0.2) is 37.7 Å². The quantitative estimate of drug-likeness (QED) is 0.343. The Bertz CT molecular complexity index is 414. The Labute approximate surface area is 99.3 Å². The van der Waals surface area contributed by atoms with Crippen molar-refractivity contribution in [2.24, 2.45) is 10.9 Å². The van der Waals surface area contributed by atoms with E-state index in [1.165, 1.54) is 12.0 Å². The normalized spacial score (nSPS) is 11.3. The van der Waals surface area contributed by atoms with E-state index in [1.54, 1.807) is 31.3 Å². The molecular weight excluding hydrogens is 222 g/mol. The molecule has 0 saturated heterocycles. The lowest BCUT2D eigenvalue weighted by Crippen LogP contribution is -2.29. The summed E-state index contributed by atoms with van der Waals surface area (Å²) in [5, 5.41) is 11.4. The fourth-order valence-corrected chi connectivity index (χ4v) is 1.28. The number of methoxy groups -OCH3 is 1. The smallest absolute Gasteiger partial charge is 0.252 e. The van der Waals surface area contributed by atoms with Gasteiger partial charge >= 0.3 is 0 Å². The molecule has 17 heavy (non-hydrogen) atoms. The van der Waals surface area contributed by atoms with Crippen molar-refractivity contribution >= 4 is 17.4 Å². The highest BCUT2D eigenvalue weighted by atomic mass is 16.5. The van der Waals surface area contributed by atoms with E-state index >= 15 is 0 Å². The van der Waals surface area contributed by atoms with Crippen LogP contribution in [0.25, 0.3) is 0 Å². The number of rotatable bonds is 4. The van der Waals surface area contributed by atoms with E-state index in [0.29, 0.717) is 11.3 Å². The van der Waals surface area contributed by atoms with Gasteiger partial charge in [0.1, 0.15) is 6.61 Å². The Kier molecular flexibility index (Phi) is 4.47. The summed E-state index contributed by atoms with van der Waals surface area (Å²) in [5.74, 6) is -0.119. The molecular formula is C11H15N3O3. The van der Waals surface area contributed by atoms with Crippen molar-refractivity contribution in [3.63, 3.8) is 0 Å². The number of oxime groups is 1. The average Bonchev–Trinajstić information content (AvgIpc) is 2.37. The van der Waals surface area contributed by atoms with Crippen LogP contribution in [0.2, 0.25) is 0 Å². The molecule has 0 aliphatic heterocycles. The minimum Gasteiger partial charge on any atom is -0.409 e. The highest BCUT2D eigenvalue weighted by molar-refractivity contribution is 5.98. The predicted octanol–water partition coefficient (Wildman–Crippen LogP) is 0.390. The third-order valence-electron chi connectivity index (χ3n) is 2.30. The lowest BCUT2D eigenvalue weighted by atomic mass is 10.2. The summed E-state index contributed by atoms with van der Waals surface area (Å²) in [6.45, 7) is 0.0263. The molecule has 0 spiro atoms. The Hall–Kier alpha value is -2.08. The van der Waals surface area contributed by atoms with E-state index < -0.39 is 0 Å². The maximum atomic E-state index is 11.5. The molecule has 6 nitrogen and oxygen atoms in total. The van der Waals surface area contributed by atoms with Crippen molar-refractivity contribution in [3.05, 3.63) is 29.8 Å². The molecule has 6 heteroatoms. The number of benzene rings is 1. The molecule has 92 valence electrons. The molecule has 0 radical (unpaired) electrons. The lowest BCUT2D eigenvalue weighted by molar-refractivity contribution is -0.121. The van der Waals surface area contributed by atoms with Crippen molar-refractivity contribution in [2.75, 3.05) is 25.7 Å². The number of carbonyl (C=O) groups is 1. The first kappa shape index (κ1) is 13.0. The topological polar surface area (TPSA) is 88.2 Å². The Morgan fingerprint density at radius 3 is 2.53 bits per heavy atom. The van der Waals surface area contributed by atoms with E-state index in [2.05, 4.69) is 5.16 Å². The van der Waals surface area contributed by atoms with Crippen LogP contribution < -0.4 is 10.6 Å². The fraction of sp³-hybridized carbons (Fsp3) is 0.273. The van der Waals surface area contributed by atoms with Gasteiger partial charge in [-0.2, -0.15) is 0 Å². The van der Waals surface area contributed by atoms with Gasteiger partial charge in [-0.3, -0.25) is 4.79 Å². The average molecular weight is 237 g/mol. The van der Waals surface area contributed by atoms with Crippen LogP contribution in [0.15, 0.2) is 29.4 Å². The number of hydrogen-bond acceptors (Lipinski definition) is 4. The van der Waals surface area contributed by atoms with Crippen molar-refractivity contribution < 1.29 is 14.7 Å². The van der Waals surface area contributed by atoms with E-state index in [4.69, 9.17) is 15.7 Å². The van der Waals surface area contributed by atoms with Crippen LogP contribution in [0, 0.1) is 0 Å². The second-order valence-electron chi connectivity index (χ2n) is 3.42. The van der Waals surface area contributed by atoms with Crippen molar-refractivity contribution in [1.29, 1.82) is 0 Å². The van der Waals surface area contributed by atoms with E-state index in [9.17, 15) is 4.79 Å². The molecule has 3 N–H and O–H groups in total. The zero-order valence-corrected chi connectivity index (χ0v) is 9.75. The molecule has 0 aromatic heterocycles. The number of amides is 1. The van der Waals surface area contributed by atoms with E-state index in [0.717, 1.165) is 0 Å². The Morgan fingerprint density at radius 1 is 1.47 bits per heavy atom. The largest absolute Gasteiger partial charge is 0.409 e. The number of likely N-dealkylation sites (N-methyl/N-ethyl adjacent to an activating group) is 1. The van der Waals surface area contributed by atoms with Crippen LogP contribution in [-0.2, 0) is 9.53 Å². The molecule has 0 fully saturated rings. The van der Waals surface area contributed by atoms with Gasteiger partial charge in [-0.1, -0.05) is 5.16 Å². The molecule has 1 aromatic carbocycles. The van der Waals surface area contributed by atoms with Crippen LogP contribution in [0.1, 0.15) is 5.56 Å². The summed E-state index contributed by atoms with van der Waals surface area (Å²) >= 11 is 0. The molecule has 0 heterocycles. The summed E-state index contributed by atoms with van der Waals surface area (Å²) in [6.07, 6.45) is 0. The number of amidine groups is 1. The van der Waals surface area contributed by atoms with E-state index in [1.807, 2.05) is 0 Å². The SMILES string of the molecule is COCC(=O)N(C)c1ccc(C(N)=NO)cc1. The summed E-state index contributed by atoms with van der Waals surface area (Å²) < 4.78 is 4.76. The van der Waals surface area contributed by atoms with Crippen LogP contribution in [0.4, 0.5) is 5.69 Å².